The Morgan fingerprint density at radius 1 is 0.200 bits per heavy atom. The lowest BCUT2D eigenvalue weighted by Crippen LogP contribution is -2.70. The zero-order chi connectivity index (χ0) is 33.4. The van der Waals surface area contributed by atoms with Crippen molar-refractivity contribution in [2.45, 2.75) is 70.2 Å². The molecule has 0 radical (unpaired) electrons. The fraction of sp³-hybridized carbons (Fsp3) is 1.00. The van der Waals surface area contributed by atoms with E-state index in [-0.39, 0.29) is 0 Å². The van der Waals surface area contributed by atoms with Crippen LogP contribution in [0.5, 0.6) is 0 Å². The van der Waals surface area contributed by atoms with Gasteiger partial charge in [-0.1, -0.05) is 0 Å². The van der Waals surface area contributed by atoms with E-state index >= 15 is 0 Å². The third-order valence-electron chi connectivity index (χ3n) is 4.06. The van der Waals surface area contributed by atoms with Crippen LogP contribution in [0.4, 0.5) is 114 Å². The molecule has 0 N–H and O–H groups in total. The molecular weight excluding hydrogens is 702 g/mol. The van der Waals surface area contributed by atoms with Crippen LogP contribution >= 0.6 is 21.6 Å². The molecule has 0 amide bonds. The minimum atomic E-state index is -8.72. The molecule has 0 aromatic rings. The summed E-state index contributed by atoms with van der Waals surface area (Å²) < 4.78 is 334. The average Bonchev–Trinajstić information content (AvgIpc) is 2.69. The summed E-state index contributed by atoms with van der Waals surface area (Å²) >= 11 is 0. The summed E-state index contributed by atoms with van der Waals surface area (Å²) in [6.07, 6.45) is -15.9. The first-order valence-electron chi connectivity index (χ1n) is 7.99. The van der Waals surface area contributed by atoms with Gasteiger partial charge in [-0.05, 0) is 21.6 Å². The number of hydrogen-bond acceptors (Lipinski definition) is 2. The van der Waals surface area contributed by atoms with E-state index in [0.29, 0.717) is 0 Å². The summed E-state index contributed by atoms with van der Waals surface area (Å²) in [6, 6.07) is 0. The number of alkyl halides is 26. The van der Waals surface area contributed by atoms with Crippen LogP contribution in [0.3, 0.4) is 0 Å². The van der Waals surface area contributed by atoms with Gasteiger partial charge >= 0.3 is 70.2 Å². The lowest BCUT2D eigenvalue weighted by molar-refractivity contribution is -0.433. The molecule has 0 bridgehead atoms. The lowest BCUT2D eigenvalue weighted by atomic mass is 9.98. The van der Waals surface area contributed by atoms with Gasteiger partial charge in [-0.2, -0.15) is 114 Å². The first-order valence-corrected chi connectivity index (χ1v) is 10.1. The van der Waals surface area contributed by atoms with E-state index in [1.807, 2.05) is 0 Å². The van der Waals surface area contributed by atoms with Crippen molar-refractivity contribution in [3.05, 3.63) is 0 Å². The summed E-state index contributed by atoms with van der Waals surface area (Å²) in [5.41, 5.74) is 0. The van der Waals surface area contributed by atoms with Crippen LogP contribution in [-0.4, -0.2) is 70.2 Å². The van der Waals surface area contributed by atoms with Crippen molar-refractivity contribution in [1.82, 2.24) is 0 Å². The first-order chi connectivity index (χ1) is 16.7. The monoisotopic (exact) mass is 702 g/mol. The largest absolute Gasteiger partial charge is 0.460 e. The molecule has 0 aromatic carbocycles. The molecule has 0 fully saturated rings. The quantitative estimate of drug-likeness (QED) is 0.155. The van der Waals surface area contributed by atoms with E-state index in [4.69, 9.17) is 0 Å². The Labute approximate surface area is 207 Å². The van der Waals surface area contributed by atoms with Gasteiger partial charge in [0.05, 0.1) is 0 Å². The van der Waals surface area contributed by atoms with E-state index in [2.05, 4.69) is 0 Å². The van der Waals surface area contributed by atoms with Crippen LogP contribution in [0.15, 0.2) is 0 Å². The van der Waals surface area contributed by atoms with Crippen molar-refractivity contribution < 1.29 is 114 Å². The van der Waals surface area contributed by atoms with Crippen LogP contribution in [0, 0.1) is 0 Å². The van der Waals surface area contributed by atoms with E-state index in [0.717, 1.165) is 0 Å². The molecule has 0 aliphatic carbocycles. The SMILES string of the molecule is FC(F)(F)C(F)(F)C(F)(F)C(F)(F)C(F)(F)C(F)(F)SSC(F)(F)C(F)(F)C(F)(F)C(F)(F)C(F)(F)C(F)(F)F. The van der Waals surface area contributed by atoms with Crippen molar-refractivity contribution in [3.63, 3.8) is 0 Å². The molecule has 0 saturated carbocycles. The van der Waals surface area contributed by atoms with Gasteiger partial charge in [0.1, 0.15) is 0 Å². The fourth-order valence-electron chi connectivity index (χ4n) is 1.72. The lowest BCUT2D eigenvalue weighted by Gasteiger charge is -2.40. The molecule has 0 aliphatic rings. The van der Waals surface area contributed by atoms with Gasteiger partial charge in [-0.3, -0.25) is 0 Å². The summed E-state index contributed by atoms with van der Waals surface area (Å²) in [5, 5.41) is -15.6. The molecule has 242 valence electrons. The van der Waals surface area contributed by atoms with E-state index in [9.17, 15) is 114 Å². The predicted molar refractivity (Wildman–Crippen MR) is 76.8 cm³/mol. The highest BCUT2D eigenvalue weighted by molar-refractivity contribution is 8.77. The summed E-state index contributed by atoms with van der Waals surface area (Å²) in [6.45, 7) is 0. The average molecular weight is 702 g/mol. The molecule has 0 aromatic heterocycles. The van der Waals surface area contributed by atoms with Crippen LogP contribution in [0.25, 0.3) is 0 Å². The topological polar surface area (TPSA) is 0 Å². The molecule has 0 unspecified atom stereocenters. The molecular formula is C12F26S2. The Kier molecular flexibility index (Phi) is 9.43. The Morgan fingerprint density at radius 2 is 0.350 bits per heavy atom. The minimum Gasteiger partial charge on any atom is -0.192 e. The van der Waals surface area contributed by atoms with Gasteiger partial charge < -0.3 is 0 Å². The molecule has 0 saturated heterocycles. The fourth-order valence-corrected chi connectivity index (χ4v) is 3.65. The van der Waals surface area contributed by atoms with Crippen LogP contribution in [0.1, 0.15) is 0 Å². The van der Waals surface area contributed by atoms with Gasteiger partial charge in [0.15, 0.2) is 0 Å². The Morgan fingerprint density at radius 3 is 0.500 bits per heavy atom. The normalized spacial score (nSPS) is 16.9. The maximum absolute atomic E-state index is 13.4. The molecule has 0 nitrogen and oxygen atoms in total. The summed E-state index contributed by atoms with van der Waals surface area (Å²) in [4.78, 5) is 0. The molecule has 28 heteroatoms. The second kappa shape index (κ2) is 9.70. The highest BCUT2D eigenvalue weighted by Crippen LogP contribution is 2.67. The van der Waals surface area contributed by atoms with Crippen LogP contribution in [0.2, 0.25) is 0 Å². The maximum Gasteiger partial charge on any atom is 0.460 e. The van der Waals surface area contributed by atoms with Gasteiger partial charge in [0.2, 0.25) is 0 Å². The van der Waals surface area contributed by atoms with Gasteiger partial charge in [-0.15, -0.1) is 0 Å². The third-order valence-corrected chi connectivity index (χ3v) is 6.58. The second-order valence-corrected chi connectivity index (χ2v) is 9.15. The Bertz CT molecular complexity index is 832. The van der Waals surface area contributed by atoms with Crippen molar-refractivity contribution in [1.29, 1.82) is 0 Å². The van der Waals surface area contributed by atoms with Crippen molar-refractivity contribution in [2.75, 3.05) is 0 Å². The molecule has 0 spiro atoms. The summed E-state index contributed by atoms with van der Waals surface area (Å²) in [5.74, 6) is -68.5. The zero-order valence-corrected chi connectivity index (χ0v) is 18.3. The summed E-state index contributed by atoms with van der Waals surface area (Å²) in [7, 11) is -7.01. The predicted octanol–water partition coefficient (Wildman–Crippen LogP) is 9.76. The van der Waals surface area contributed by atoms with E-state index < -0.39 is 91.8 Å². The number of halogens is 26. The molecule has 0 aliphatic heterocycles. The number of hydrogen-bond donors (Lipinski definition) is 0. The molecule has 0 rings (SSSR count). The second-order valence-electron chi connectivity index (χ2n) is 6.79. The van der Waals surface area contributed by atoms with Crippen LogP contribution < -0.4 is 0 Å². The zero-order valence-electron chi connectivity index (χ0n) is 16.6. The van der Waals surface area contributed by atoms with Crippen molar-refractivity contribution in [2.24, 2.45) is 0 Å². The maximum atomic E-state index is 13.4. The van der Waals surface area contributed by atoms with E-state index in [1.54, 1.807) is 0 Å². The first kappa shape index (κ1) is 38.9. The van der Waals surface area contributed by atoms with E-state index in [1.165, 1.54) is 0 Å². The molecule has 40 heavy (non-hydrogen) atoms. The van der Waals surface area contributed by atoms with Crippen LogP contribution in [-0.2, 0) is 0 Å². The highest BCUT2D eigenvalue weighted by atomic mass is 33.1. The molecule has 0 atom stereocenters. The molecule has 0 heterocycles. The Balaban J connectivity index is 6.57. The standard InChI is InChI=1S/C12F26S2/c13-1(14,5(21,22)9(29,30)31)3(17,18)7(25,26)11(35,36)39-40-12(37,38)8(27,28)4(19,20)2(15,16)6(23,24)10(32,33)34. The minimum absolute atomic E-state index is 3.50. The third kappa shape index (κ3) is 5.16. The van der Waals surface area contributed by atoms with Crippen molar-refractivity contribution in [3.8, 4) is 0 Å². The highest BCUT2D eigenvalue weighted by Gasteiger charge is 2.93. The smallest absolute Gasteiger partial charge is 0.192 e. The number of rotatable bonds is 11. The Hall–Kier alpha value is -1.12. The van der Waals surface area contributed by atoms with Crippen molar-refractivity contribution >= 4 is 21.6 Å². The van der Waals surface area contributed by atoms with Gasteiger partial charge in [-0.25, -0.2) is 0 Å². The van der Waals surface area contributed by atoms with Gasteiger partial charge in [0.25, 0.3) is 0 Å². The van der Waals surface area contributed by atoms with Gasteiger partial charge in [0, 0.05) is 0 Å².